The lowest BCUT2D eigenvalue weighted by molar-refractivity contribution is -0.140. The Balaban J connectivity index is 1.67. The van der Waals surface area contributed by atoms with Gasteiger partial charge in [-0.05, 0) is 76.0 Å². The molecule has 1 unspecified atom stereocenters. The minimum Gasteiger partial charge on any atom is -0.368 e. The largest absolute Gasteiger partial charge is 0.368 e. The van der Waals surface area contributed by atoms with Crippen molar-refractivity contribution in [3.8, 4) is 0 Å². The maximum atomic E-state index is 13.7. The number of nitrogens with zero attached hydrogens (tertiary/aromatic N) is 1. The Bertz CT molecular complexity index is 1230. The SMILES string of the molecule is C=CC(O[C@H]1CCCC[C@@H]1C(C)C)[C@H](CC(=C)C)NC(=O)[C@@H]1CCCN1C(=O)[C@H](C)NC(=O)c1ccc(NC(C)=O)c(Cl)c1. The Morgan fingerprint density at radius 2 is 1.77 bits per heavy atom. The monoisotopic (exact) mass is 628 g/mol. The fourth-order valence-corrected chi connectivity index (χ4v) is 6.55. The molecule has 1 aliphatic carbocycles. The molecule has 3 N–H and O–H groups in total. The first-order valence-corrected chi connectivity index (χ1v) is 16.1. The molecule has 4 amide bonds. The smallest absolute Gasteiger partial charge is 0.251 e. The predicted molar refractivity (Wildman–Crippen MR) is 174 cm³/mol. The van der Waals surface area contributed by atoms with E-state index in [0.717, 1.165) is 24.8 Å². The summed E-state index contributed by atoms with van der Waals surface area (Å²) >= 11 is 6.22. The number of benzene rings is 1. The van der Waals surface area contributed by atoms with Gasteiger partial charge in [0.2, 0.25) is 17.7 Å². The summed E-state index contributed by atoms with van der Waals surface area (Å²) in [6.45, 7) is 17.9. The van der Waals surface area contributed by atoms with Crippen molar-refractivity contribution in [1.82, 2.24) is 15.5 Å². The number of carbonyl (C=O) groups is 4. The van der Waals surface area contributed by atoms with Gasteiger partial charge in [-0.2, -0.15) is 0 Å². The normalized spacial score (nSPS) is 22.1. The number of amides is 4. The summed E-state index contributed by atoms with van der Waals surface area (Å²) in [5, 5.41) is 8.69. The molecule has 2 fully saturated rings. The summed E-state index contributed by atoms with van der Waals surface area (Å²) in [5.74, 6) is -0.404. The number of hydrogen-bond acceptors (Lipinski definition) is 5. The number of hydrogen-bond donors (Lipinski definition) is 3. The molecule has 1 heterocycles. The van der Waals surface area contributed by atoms with Crippen molar-refractivity contribution in [2.24, 2.45) is 11.8 Å². The number of rotatable bonds is 13. The van der Waals surface area contributed by atoms with Crippen molar-refractivity contribution in [2.75, 3.05) is 11.9 Å². The first-order valence-electron chi connectivity index (χ1n) is 15.7. The lowest BCUT2D eigenvalue weighted by Gasteiger charge is -2.38. The Kier molecular flexibility index (Phi) is 13.0. The average molecular weight is 629 g/mol. The van der Waals surface area contributed by atoms with Crippen LogP contribution in [0.3, 0.4) is 0 Å². The topological polar surface area (TPSA) is 117 Å². The Morgan fingerprint density at radius 3 is 2.39 bits per heavy atom. The van der Waals surface area contributed by atoms with Crippen LogP contribution < -0.4 is 16.0 Å². The van der Waals surface area contributed by atoms with E-state index in [1.165, 1.54) is 31.5 Å². The van der Waals surface area contributed by atoms with Crippen LogP contribution in [0, 0.1) is 11.8 Å². The van der Waals surface area contributed by atoms with Gasteiger partial charge >= 0.3 is 0 Å². The lowest BCUT2D eigenvalue weighted by atomic mass is 9.79. The standard InChI is InChI=1S/C34H49ClN4O5/c1-8-30(44-31-14-10-9-12-25(31)21(4)5)28(18-20(2)3)38-33(42)29-13-11-17-39(29)34(43)22(6)36-32(41)24-15-16-27(26(35)19-24)37-23(7)40/h8,15-16,19,21-22,25,28-31H,1-2,9-14,17-18H2,3-7H3,(H,36,41)(H,37,40)(H,38,42)/t22-,25+,28-,29-,30?,31-/m0/s1. The maximum Gasteiger partial charge on any atom is 0.251 e. The van der Waals surface area contributed by atoms with E-state index in [0.29, 0.717) is 43.3 Å². The average Bonchev–Trinajstić information content (AvgIpc) is 3.46. The number of carbonyl (C=O) groups excluding carboxylic acids is 4. The summed E-state index contributed by atoms with van der Waals surface area (Å²) in [4.78, 5) is 53.0. The molecule has 1 saturated carbocycles. The van der Waals surface area contributed by atoms with Crippen LogP contribution >= 0.6 is 11.6 Å². The first-order chi connectivity index (χ1) is 20.8. The lowest BCUT2D eigenvalue weighted by Crippen LogP contribution is -2.55. The van der Waals surface area contributed by atoms with E-state index in [1.807, 2.05) is 6.92 Å². The van der Waals surface area contributed by atoms with E-state index < -0.39 is 24.1 Å². The van der Waals surface area contributed by atoms with Crippen molar-refractivity contribution in [3.63, 3.8) is 0 Å². The quantitative estimate of drug-likeness (QED) is 0.244. The van der Waals surface area contributed by atoms with Gasteiger partial charge in [0.15, 0.2) is 0 Å². The second kappa shape index (κ2) is 16.2. The molecule has 9 nitrogen and oxygen atoms in total. The zero-order valence-electron chi connectivity index (χ0n) is 26.8. The van der Waals surface area contributed by atoms with Crippen LogP contribution in [0.1, 0.15) is 89.9 Å². The molecule has 0 spiro atoms. The highest BCUT2D eigenvalue weighted by atomic mass is 35.5. The molecular formula is C34H49ClN4O5. The van der Waals surface area contributed by atoms with Crippen molar-refractivity contribution in [2.45, 2.75) is 110 Å². The number of anilines is 1. The number of ether oxygens (including phenoxy) is 1. The highest BCUT2D eigenvalue weighted by Crippen LogP contribution is 2.34. The third-order valence-electron chi connectivity index (χ3n) is 8.57. The van der Waals surface area contributed by atoms with Gasteiger partial charge in [0.1, 0.15) is 12.1 Å². The van der Waals surface area contributed by atoms with Crippen molar-refractivity contribution < 1.29 is 23.9 Å². The number of nitrogens with one attached hydrogen (secondary N) is 3. The molecular weight excluding hydrogens is 580 g/mol. The Labute approximate surface area is 267 Å². The van der Waals surface area contributed by atoms with Gasteiger partial charge in [-0.15, -0.1) is 13.2 Å². The van der Waals surface area contributed by atoms with E-state index in [2.05, 4.69) is 43.0 Å². The highest BCUT2D eigenvalue weighted by molar-refractivity contribution is 6.34. The fraction of sp³-hybridized carbons (Fsp3) is 0.588. The zero-order chi connectivity index (χ0) is 32.6. The van der Waals surface area contributed by atoms with Crippen LogP contribution in [0.5, 0.6) is 0 Å². The molecule has 0 radical (unpaired) electrons. The van der Waals surface area contributed by atoms with Crippen LogP contribution in [-0.4, -0.2) is 65.4 Å². The second-order valence-electron chi connectivity index (χ2n) is 12.6. The van der Waals surface area contributed by atoms with E-state index in [-0.39, 0.29) is 40.5 Å². The van der Waals surface area contributed by atoms with Crippen LogP contribution in [0.4, 0.5) is 5.69 Å². The molecule has 1 aromatic rings. The first kappa shape index (κ1) is 35.3. The number of likely N-dealkylation sites (tertiary alicyclic amines) is 1. The van der Waals surface area contributed by atoms with E-state index in [9.17, 15) is 19.2 Å². The predicted octanol–water partition coefficient (Wildman–Crippen LogP) is 5.64. The molecule has 6 atom stereocenters. The molecule has 0 bridgehead atoms. The van der Waals surface area contributed by atoms with Crippen molar-refractivity contribution in [3.05, 3.63) is 53.6 Å². The molecule has 3 rings (SSSR count). The molecule has 1 aromatic carbocycles. The van der Waals surface area contributed by atoms with Gasteiger partial charge in [0, 0.05) is 19.0 Å². The minimum atomic E-state index is -0.876. The fourth-order valence-electron chi connectivity index (χ4n) is 6.32. The summed E-state index contributed by atoms with van der Waals surface area (Å²) in [6.07, 6.45) is 7.64. The number of halogens is 1. The zero-order valence-corrected chi connectivity index (χ0v) is 27.5. The Morgan fingerprint density at radius 1 is 1.07 bits per heavy atom. The second-order valence-corrected chi connectivity index (χ2v) is 13.0. The third-order valence-corrected chi connectivity index (χ3v) is 8.88. The van der Waals surface area contributed by atoms with Crippen LogP contribution in [-0.2, 0) is 19.1 Å². The van der Waals surface area contributed by atoms with Gasteiger partial charge in [-0.25, -0.2) is 0 Å². The van der Waals surface area contributed by atoms with Crippen molar-refractivity contribution >= 4 is 40.9 Å². The summed E-state index contributed by atoms with van der Waals surface area (Å²) < 4.78 is 6.64. The molecule has 10 heteroatoms. The van der Waals surface area contributed by atoms with Gasteiger partial charge in [0.25, 0.3) is 5.91 Å². The molecule has 0 aromatic heterocycles. The van der Waals surface area contributed by atoms with Crippen LogP contribution in [0.25, 0.3) is 0 Å². The summed E-state index contributed by atoms with van der Waals surface area (Å²) in [6, 6.07) is 2.58. The van der Waals surface area contributed by atoms with Gasteiger partial charge < -0.3 is 25.6 Å². The van der Waals surface area contributed by atoms with E-state index >= 15 is 0 Å². The van der Waals surface area contributed by atoms with Gasteiger partial charge in [-0.1, -0.05) is 49.9 Å². The van der Waals surface area contributed by atoms with Crippen LogP contribution in [0.2, 0.25) is 5.02 Å². The summed E-state index contributed by atoms with van der Waals surface area (Å²) in [7, 11) is 0. The van der Waals surface area contributed by atoms with E-state index in [4.69, 9.17) is 16.3 Å². The molecule has 1 saturated heterocycles. The molecule has 44 heavy (non-hydrogen) atoms. The Hall–Kier alpha value is -3.17. The van der Waals surface area contributed by atoms with E-state index in [1.54, 1.807) is 17.9 Å². The van der Waals surface area contributed by atoms with Crippen molar-refractivity contribution in [1.29, 1.82) is 0 Å². The molecule has 1 aliphatic heterocycles. The van der Waals surface area contributed by atoms with Gasteiger partial charge in [0.05, 0.1) is 29.0 Å². The molecule has 2 aliphatic rings. The highest BCUT2D eigenvalue weighted by Gasteiger charge is 2.39. The summed E-state index contributed by atoms with van der Waals surface area (Å²) in [5.41, 5.74) is 1.55. The molecule has 242 valence electrons. The van der Waals surface area contributed by atoms with Gasteiger partial charge in [-0.3, -0.25) is 19.2 Å². The minimum absolute atomic E-state index is 0.0989. The van der Waals surface area contributed by atoms with Crippen LogP contribution in [0.15, 0.2) is 43.0 Å². The maximum absolute atomic E-state index is 13.7. The third kappa shape index (κ3) is 9.41.